The maximum absolute atomic E-state index is 12.3. The fourth-order valence-electron chi connectivity index (χ4n) is 3.55. The van der Waals surface area contributed by atoms with Crippen molar-refractivity contribution in [3.8, 4) is 11.1 Å². The summed E-state index contributed by atoms with van der Waals surface area (Å²) in [6.45, 7) is 5.69. The number of carbonyl (C=O) groups is 2. The van der Waals surface area contributed by atoms with Crippen LogP contribution < -0.4 is 5.32 Å². The highest BCUT2D eigenvalue weighted by atomic mass is 16.5. The zero-order valence-electron chi connectivity index (χ0n) is 15.9. The number of carboxylic acid groups (broad SMARTS) is 1. The average Bonchev–Trinajstić information content (AvgIpc) is 2.98. The first-order valence-corrected chi connectivity index (χ1v) is 9.19. The van der Waals surface area contributed by atoms with Gasteiger partial charge in [0.15, 0.2) is 0 Å². The molecule has 0 saturated carbocycles. The van der Waals surface area contributed by atoms with Crippen molar-refractivity contribution < 1.29 is 19.4 Å². The van der Waals surface area contributed by atoms with E-state index in [9.17, 15) is 14.7 Å². The predicted octanol–water partition coefficient (Wildman–Crippen LogP) is 4.41. The van der Waals surface area contributed by atoms with Gasteiger partial charge in [-0.25, -0.2) is 9.59 Å². The van der Waals surface area contributed by atoms with E-state index in [0.717, 1.165) is 22.3 Å². The number of aliphatic carboxylic acids is 1. The molecule has 0 saturated heterocycles. The first-order chi connectivity index (χ1) is 12.8. The summed E-state index contributed by atoms with van der Waals surface area (Å²) in [6, 6.07) is 15.2. The van der Waals surface area contributed by atoms with Gasteiger partial charge in [-0.2, -0.15) is 0 Å². The summed E-state index contributed by atoms with van der Waals surface area (Å²) in [5.41, 5.74) is 3.97. The second-order valence-corrected chi connectivity index (χ2v) is 7.58. The lowest BCUT2D eigenvalue weighted by Crippen LogP contribution is -2.50. The summed E-state index contributed by atoms with van der Waals surface area (Å²) in [4.78, 5) is 23.9. The molecule has 5 heteroatoms. The van der Waals surface area contributed by atoms with Gasteiger partial charge in [-0.05, 0) is 34.1 Å². The van der Waals surface area contributed by atoms with Crippen LogP contribution in [0.5, 0.6) is 0 Å². The molecule has 0 unspecified atom stereocenters. The highest BCUT2D eigenvalue weighted by Gasteiger charge is 2.36. The second-order valence-electron chi connectivity index (χ2n) is 7.58. The SMILES string of the molecule is CCC(C)(C)[C@@H](NC(=O)OCC1c2ccccc2-c2ccccc21)C(=O)O. The van der Waals surface area contributed by atoms with Gasteiger partial charge in [0, 0.05) is 5.92 Å². The standard InChI is InChI=1S/C22H25NO4/c1-4-22(2,3)19(20(24)25)23-21(26)27-13-18-16-11-7-5-9-14(16)15-10-6-8-12-17(15)18/h5-12,18-19H,4,13H2,1-3H3,(H,23,26)(H,24,25)/t19-/m0/s1. The van der Waals surface area contributed by atoms with E-state index in [2.05, 4.69) is 17.4 Å². The Kier molecular flexibility index (Phi) is 5.22. The van der Waals surface area contributed by atoms with Crippen molar-refractivity contribution in [1.82, 2.24) is 5.32 Å². The van der Waals surface area contributed by atoms with Gasteiger partial charge in [-0.3, -0.25) is 0 Å². The maximum Gasteiger partial charge on any atom is 0.407 e. The minimum Gasteiger partial charge on any atom is -0.480 e. The molecular weight excluding hydrogens is 342 g/mol. The molecule has 5 nitrogen and oxygen atoms in total. The number of nitrogens with one attached hydrogen (secondary N) is 1. The van der Waals surface area contributed by atoms with Gasteiger partial charge in [-0.15, -0.1) is 0 Å². The molecule has 0 spiro atoms. The molecule has 0 fully saturated rings. The Bertz CT molecular complexity index is 813. The van der Waals surface area contributed by atoms with E-state index >= 15 is 0 Å². The van der Waals surface area contributed by atoms with E-state index < -0.39 is 23.5 Å². The molecule has 27 heavy (non-hydrogen) atoms. The molecule has 3 rings (SSSR count). The summed E-state index contributed by atoms with van der Waals surface area (Å²) in [5, 5.41) is 12.0. The van der Waals surface area contributed by atoms with Crippen molar-refractivity contribution in [1.29, 1.82) is 0 Å². The van der Waals surface area contributed by atoms with E-state index in [1.54, 1.807) is 0 Å². The first kappa shape index (κ1) is 19.0. The average molecular weight is 367 g/mol. The zero-order valence-corrected chi connectivity index (χ0v) is 15.9. The number of rotatable bonds is 6. The molecule has 0 aromatic heterocycles. The van der Waals surface area contributed by atoms with E-state index in [0.29, 0.717) is 6.42 Å². The molecular formula is C22H25NO4. The van der Waals surface area contributed by atoms with Gasteiger partial charge in [0.25, 0.3) is 0 Å². The number of benzene rings is 2. The molecule has 0 aliphatic heterocycles. The Labute approximate surface area is 159 Å². The number of carboxylic acids is 1. The number of amides is 1. The normalized spacial score (nSPS) is 14.2. The smallest absolute Gasteiger partial charge is 0.407 e. The Morgan fingerprint density at radius 1 is 1.07 bits per heavy atom. The molecule has 1 aliphatic rings. The Balaban J connectivity index is 1.73. The molecule has 0 radical (unpaired) electrons. The first-order valence-electron chi connectivity index (χ1n) is 9.19. The van der Waals surface area contributed by atoms with Gasteiger partial charge in [0.05, 0.1) is 0 Å². The van der Waals surface area contributed by atoms with Crippen molar-refractivity contribution in [2.75, 3.05) is 6.61 Å². The summed E-state index contributed by atoms with van der Waals surface area (Å²) in [5.74, 6) is -1.11. The van der Waals surface area contributed by atoms with Gasteiger partial charge >= 0.3 is 12.1 Å². The molecule has 2 N–H and O–H groups in total. The van der Waals surface area contributed by atoms with Crippen LogP contribution in [0.25, 0.3) is 11.1 Å². The summed E-state index contributed by atoms with van der Waals surface area (Å²) in [6.07, 6.45) is -0.0843. The van der Waals surface area contributed by atoms with Crippen molar-refractivity contribution >= 4 is 12.1 Å². The third kappa shape index (κ3) is 3.68. The van der Waals surface area contributed by atoms with Crippen LogP contribution in [0.3, 0.4) is 0 Å². The lowest BCUT2D eigenvalue weighted by molar-refractivity contribution is -0.142. The van der Waals surface area contributed by atoms with Crippen molar-refractivity contribution in [2.24, 2.45) is 5.41 Å². The topological polar surface area (TPSA) is 75.6 Å². The van der Waals surface area contributed by atoms with Gasteiger partial charge in [0.2, 0.25) is 0 Å². The van der Waals surface area contributed by atoms with Crippen LogP contribution in [0, 0.1) is 5.41 Å². The van der Waals surface area contributed by atoms with Crippen LogP contribution in [-0.2, 0) is 9.53 Å². The number of alkyl carbamates (subject to hydrolysis) is 1. The Morgan fingerprint density at radius 2 is 1.59 bits per heavy atom. The minimum atomic E-state index is -1.06. The van der Waals surface area contributed by atoms with E-state index in [1.165, 1.54) is 0 Å². The Morgan fingerprint density at radius 3 is 2.07 bits per heavy atom. The lowest BCUT2D eigenvalue weighted by Gasteiger charge is -2.30. The number of fused-ring (bicyclic) bond motifs is 3. The number of carbonyl (C=O) groups excluding carboxylic acids is 1. The quantitative estimate of drug-likeness (QED) is 0.793. The third-order valence-electron chi connectivity index (χ3n) is 5.55. The monoisotopic (exact) mass is 367 g/mol. The fourth-order valence-corrected chi connectivity index (χ4v) is 3.55. The van der Waals surface area contributed by atoms with Crippen LogP contribution in [-0.4, -0.2) is 29.8 Å². The van der Waals surface area contributed by atoms with Crippen LogP contribution >= 0.6 is 0 Å². The number of hydrogen-bond donors (Lipinski definition) is 2. The van der Waals surface area contributed by atoms with Crippen LogP contribution in [0.1, 0.15) is 44.2 Å². The molecule has 142 valence electrons. The molecule has 1 aliphatic carbocycles. The molecule has 2 aromatic rings. The molecule has 1 amide bonds. The fraction of sp³-hybridized carbons (Fsp3) is 0.364. The van der Waals surface area contributed by atoms with Crippen molar-refractivity contribution in [3.05, 3.63) is 59.7 Å². The number of hydrogen-bond acceptors (Lipinski definition) is 3. The third-order valence-corrected chi connectivity index (χ3v) is 5.55. The van der Waals surface area contributed by atoms with E-state index in [-0.39, 0.29) is 12.5 Å². The minimum absolute atomic E-state index is 0.0504. The van der Waals surface area contributed by atoms with Crippen LogP contribution in [0.2, 0.25) is 0 Å². The summed E-state index contributed by atoms with van der Waals surface area (Å²) in [7, 11) is 0. The van der Waals surface area contributed by atoms with Gasteiger partial charge in [-0.1, -0.05) is 69.3 Å². The molecule has 0 bridgehead atoms. The summed E-state index contributed by atoms with van der Waals surface area (Å²) < 4.78 is 5.45. The Hall–Kier alpha value is -2.82. The van der Waals surface area contributed by atoms with E-state index in [4.69, 9.17) is 4.74 Å². The van der Waals surface area contributed by atoms with E-state index in [1.807, 2.05) is 57.2 Å². The zero-order chi connectivity index (χ0) is 19.6. The van der Waals surface area contributed by atoms with Crippen molar-refractivity contribution in [2.45, 2.75) is 39.2 Å². The maximum atomic E-state index is 12.3. The molecule has 2 aromatic carbocycles. The molecule has 0 heterocycles. The van der Waals surface area contributed by atoms with Gasteiger partial charge in [0.1, 0.15) is 12.6 Å². The van der Waals surface area contributed by atoms with Gasteiger partial charge < -0.3 is 15.2 Å². The lowest BCUT2D eigenvalue weighted by atomic mass is 9.82. The second kappa shape index (κ2) is 7.43. The van der Waals surface area contributed by atoms with Crippen LogP contribution in [0.15, 0.2) is 48.5 Å². The highest BCUT2D eigenvalue weighted by Crippen LogP contribution is 2.44. The van der Waals surface area contributed by atoms with Crippen molar-refractivity contribution in [3.63, 3.8) is 0 Å². The number of ether oxygens (including phenoxy) is 1. The largest absolute Gasteiger partial charge is 0.480 e. The predicted molar refractivity (Wildman–Crippen MR) is 104 cm³/mol. The molecule has 1 atom stereocenters. The summed E-state index contributed by atoms with van der Waals surface area (Å²) >= 11 is 0. The highest BCUT2D eigenvalue weighted by molar-refractivity contribution is 5.81. The van der Waals surface area contributed by atoms with Crippen LogP contribution in [0.4, 0.5) is 4.79 Å².